The van der Waals surface area contributed by atoms with Gasteiger partial charge in [0.05, 0.1) is 61.1 Å². The van der Waals surface area contributed by atoms with Crippen LogP contribution in [0, 0.1) is 23.5 Å². The summed E-state index contributed by atoms with van der Waals surface area (Å²) < 4.78 is 45.4. The van der Waals surface area contributed by atoms with Gasteiger partial charge in [0.1, 0.15) is 29.0 Å². The summed E-state index contributed by atoms with van der Waals surface area (Å²) in [5.74, 6) is -4.49. The minimum atomic E-state index is -1.11. The number of nitrogens with zero attached hydrogens (tertiary/aromatic N) is 6. The third-order valence-electron chi connectivity index (χ3n) is 13.2. The number of aromatic nitrogens is 2. The Kier molecular flexibility index (Phi) is 16.7. The van der Waals surface area contributed by atoms with Crippen LogP contribution in [0.5, 0.6) is 11.5 Å². The van der Waals surface area contributed by atoms with Crippen LogP contribution in [0.4, 0.5) is 8.78 Å². The molecule has 0 radical (unpaired) electrons. The molecular formula is C52H58Cl2F2N6O6. The van der Waals surface area contributed by atoms with Gasteiger partial charge in [-0.2, -0.15) is 0 Å². The molecule has 2 aliphatic rings. The standard InChI is InChI=1S/C52H58Cl2F2N6O6/c1-33-46(63)23-38(32-67-5)52(66)59(3)41(22-35-13-16-39(53)17-14-35)30-58(2)51(65)37(21-34-11-7-6-8-12-34)24-49(64)62(33)29-36-15-18-40(54)25-47(36)68-42-26-43(55)50(44(56)27-42)45-28-57-48(60(45)4)31-61-19-9-10-20-61/h6-8,11-18,25-28,33,37-38,41H,9-10,19-24,29-32H2,1-5H3/t33-,37+,38-,41+/m0/s1. The predicted octanol–water partition coefficient (Wildman–Crippen LogP) is 8.79. The molecule has 0 spiro atoms. The molecule has 3 amide bonds. The SMILES string of the molecule is COC[C@@H]1CC(=O)[C@H](C)N(Cc2ccc(Cl)cc2Oc2cc(F)c(-c3cnc(CN4CCCC4)n3C)c(F)c2)C(=O)C[C@@H](Cc2ccccc2)C(=O)N(C)C[C@@H](Cc2ccc(Cl)cc2)N(C)C1=O. The fraction of sp³-hybridized carbons (Fsp3) is 0.404. The van der Waals surface area contributed by atoms with Gasteiger partial charge >= 0.3 is 0 Å². The Balaban J connectivity index is 1.21. The summed E-state index contributed by atoms with van der Waals surface area (Å²) in [4.78, 5) is 69.7. The molecule has 360 valence electrons. The number of carbonyl (C=O) groups is 4. The molecule has 0 unspecified atom stereocenters. The summed E-state index contributed by atoms with van der Waals surface area (Å²) >= 11 is 12.7. The first-order valence-electron chi connectivity index (χ1n) is 22.9. The van der Waals surface area contributed by atoms with Crippen molar-refractivity contribution < 1.29 is 37.4 Å². The molecule has 2 saturated heterocycles. The Morgan fingerprint density at radius 3 is 2.10 bits per heavy atom. The molecule has 0 saturated carbocycles. The van der Waals surface area contributed by atoms with Crippen LogP contribution in [-0.2, 0) is 56.9 Å². The first-order valence-corrected chi connectivity index (χ1v) is 23.7. The molecule has 0 aliphatic carbocycles. The number of hydrogen-bond donors (Lipinski definition) is 0. The lowest BCUT2D eigenvalue weighted by atomic mass is 9.91. The number of Topliss-reactive ketones (excluding diaryl/α,β-unsaturated/α-hetero) is 1. The third kappa shape index (κ3) is 12.1. The molecule has 0 N–H and O–H groups in total. The first kappa shape index (κ1) is 50.2. The molecule has 4 aromatic carbocycles. The van der Waals surface area contributed by atoms with Crippen LogP contribution in [0.1, 0.15) is 55.1 Å². The van der Waals surface area contributed by atoms with Crippen molar-refractivity contribution in [2.75, 3.05) is 47.4 Å². The van der Waals surface area contributed by atoms with Gasteiger partial charge < -0.3 is 28.7 Å². The van der Waals surface area contributed by atoms with E-state index in [0.29, 0.717) is 29.4 Å². The van der Waals surface area contributed by atoms with Gasteiger partial charge in [-0.3, -0.25) is 24.1 Å². The molecule has 3 heterocycles. The highest BCUT2D eigenvalue weighted by atomic mass is 35.5. The average molecular weight is 972 g/mol. The maximum atomic E-state index is 16.0. The molecule has 7 rings (SSSR count). The van der Waals surface area contributed by atoms with E-state index in [1.165, 1.54) is 24.3 Å². The smallest absolute Gasteiger partial charge is 0.228 e. The molecular weight excluding hydrogens is 914 g/mol. The zero-order valence-corrected chi connectivity index (χ0v) is 40.6. The molecule has 2 aliphatic heterocycles. The molecule has 0 bridgehead atoms. The van der Waals surface area contributed by atoms with Crippen LogP contribution >= 0.6 is 23.2 Å². The van der Waals surface area contributed by atoms with Crippen LogP contribution in [0.15, 0.2) is 91.1 Å². The summed E-state index contributed by atoms with van der Waals surface area (Å²) in [7, 11) is 6.51. The number of likely N-dealkylation sites (tertiary alicyclic amines) is 1. The van der Waals surface area contributed by atoms with Gasteiger partial charge in [0.25, 0.3) is 0 Å². The third-order valence-corrected chi connectivity index (χ3v) is 13.7. The Labute approximate surface area is 406 Å². The predicted molar refractivity (Wildman–Crippen MR) is 257 cm³/mol. The number of amides is 3. The number of ketones is 1. The monoisotopic (exact) mass is 970 g/mol. The van der Waals surface area contributed by atoms with E-state index in [1.54, 1.807) is 66.7 Å². The van der Waals surface area contributed by atoms with Gasteiger partial charge in [0, 0.05) is 75.4 Å². The van der Waals surface area contributed by atoms with E-state index >= 15 is 8.78 Å². The van der Waals surface area contributed by atoms with Crippen molar-refractivity contribution in [3.63, 3.8) is 0 Å². The minimum absolute atomic E-state index is 0.0708. The van der Waals surface area contributed by atoms with Gasteiger partial charge in [-0.1, -0.05) is 71.7 Å². The molecule has 1 aromatic heterocycles. The molecule has 16 heteroatoms. The highest BCUT2D eigenvalue weighted by Crippen LogP contribution is 2.36. The van der Waals surface area contributed by atoms with Crippen molar-refractivity contribution in [3.05, 3.63) is 135 Å². The Morgan fingerprint density at radius 1 is 0.765 bits per heavy atom. The number of methoxy groups -OCH3 is 1. The summed E-state index contributed by atoms with van der Waals surface area (Å²) in [6, 6.07) is 21.8. The minimum Gasteiger partial charge on any atom is -0.457 e. The number of imidazole rings is 1. The van der Waals surface area contributed by atoms with Crippen LogP contribution in [0.25, 0.3) is 11.3 Å². The lowest BCUT2D eigenvalue weighted by Crippen LogP contribution is -2.52. The first-order chi connectivity index (χ1) is 32.6. The average Bonchev–Trinajstić information content (AvgIpc) is 3.96. The normalized spacial score (nSPS) is 20.3. The maximum Gasteiger partial charge on any atom is 0.228 e. The maximum absolute atomic E-state index is 16.0. The van der Waals surface area contributed by atoms with Crippen molar-refractivity contribution in [1.29, 1.82) is 0 Å². The highest BCUT2D eigenvalue weighted by molar-refractivity contribution is 6.31. The fourth-order valence-corrected chi connectivity index (χ4v) is 9.50. The second-order valence-electron chi connectivity index (χ2n) is 18.0. The van der Waals surface area contributed by atoms with E-state index in [1.807, 2.05) is 42.5 Å². The van der Waals surface area contributed by atoms with Crippen LogP contribution in [-0.4, -0.2) is 112 Å². The zero-order valence-electron chi connectivity index (χ0n) is 39.1. The number of rotatable bonds is 13. The van der Waals surface area contributed by atoms with Gasteiger partial charge in [0.15, 0.2) is 5.78 Å². The molecule has 5 aromatic rings. The van der Waals surface area contributed by atoms with Gasteiger partial charge in [-0.25, -0.2) is 13.8 Å². The van der Waals surface area contributed by atoms with E-state index in [2.05, 4.69) is 9.88 Å². The van der Waals surface area contributed by atoms with E-state index in [9.17, 15) is 19.2 Å². The number of benzene rings is 4. The quantitative estimate of drug-likeness (QED) is 0.115. The lowest BCUT2D eigenvalue weighted by Gasteiger charge is -2.37. The summed E-state index contributed by atoms with van der Waals surface area (Å²) in [5.41, 5.74) is 2.11. The zero-order chi connectivity index (χ0) is 48.6. The molecule has 12 nitrogen and oxygen atoms in total. The highest BCUT2D eigenvalue weighted by Gasteiger charge is 2.37. The van der Waals surface area contributed by atoms with Gasteiger partial charge in [0.2, 0.25) is 17.7 Å². The van der Waals surface area contributed by atoms with Crippen molar-refractivity contribution in [1.82, 2.24) is 29.2 Å². The largest absolute Gasteiger partial charge is 0.457 e. The van der Waals surface area contributed by atoms with Crippen molar-refractivity contribution in [2.45, 2.75) is 70.6 Å². The van der Waals surface area contributed by atoms with E-state index in [-0.39, 0.29) is 78.6 Å². The summed E-state index contributed by atoms with van der Waals surface area (Å²) in [5, 5.41) is 0.805. The van der Waals surface area contributed by atoms with Gasteiger partial charge in [-0.15, -0.1) is 0 Å². The fourth-order valence-electron chi connectivity index (χ4n) is 9.21. The Bertz CT molecular complexity index is 2570. The van der Waals surface area contributed by atoms with Gasteiger partial charge in [-0.05, 0) is 81.1 Å². The van der Waals surface area contributed by atoms with E-state index in [0.717, 1.165) is 49.2 Å². The topological polar surface area (TPSA) is 118 Å². The summed E-state index contributed by atoms with van der Waals surface area (Å²) in [6.07, 6.45) is 3.75. The lowest BCUT2D eigenvalue weighted by molar-refractivity contribution is -0.148. The van der Waals surface area contributed by atoms with Crippen molar-refractivity contribution in [2.24, 2.45) is 18.9 Å². The van der Waals surface area contributed by atoms with Crippen LogP contribution < -0.4 is 4.74 Å². The Hall–Kier alpha value is -5.67. The second kappa shape index (κ2) is 22.6. The number of likely N-dealkylation sites (N-methyl/N-ethyl adjacent to an activating group) is 2. The van der Waals surface area contributed by atoms with Crippen LogP contribution in [0.2, 0.25) is 10.0 Å². The van der Waals surface area contributed by atoms with E-state index < -0.39 is 47.2 Å². The number of hydrogen-bond acceptors (Lipinski definition) is 8. The Morgan fingerprint density at radius 2 is 1.43 bits per heavy atom. The van der Waals surface area contributed by atoms with Crippen LogP contribution in [0.3, 0.4) is 0 Å². The second-order valence-corrected chi connectivity index (χ2v) is 18.9. The van der Waals surface area contributed by atoms with Crippen molar-refractivity contribution in [3.8, 4) is 22.8 Å². The molecule has 2 fully saturated rings. The van der Waals surface area contributed by atoms with Crippen molar-refractivity contribution >= 4 is 46.7 Å². The molecule has 4 atom stereocenters. The number of ether oxygens (including phenoxy) is 2. The number of halogens is 4. The van der Waals surface area contributed by atoms with E-state index in [4.69, 9.17) is 32.7 Å². The summed E-state index contributed by atoms with van der Waals surface area (Å²) in [6.45, 7) is 3.88. The number of carbonyl (C=O) groups excluding carboxylic acids is 4. The molecule has 68 heavy (non-hydrogen) atoms.